The van der Waals surface area contributed by atoms with Crippen LogP contribution in [0.2, 0.25) is 5.02 Å². The minimum absolute atomic E-state index is 0.0825. The van der Waals surface area contributed by atoms with Crippen molar-refractivity contribution in [3.8, 4) is 5.75 Å². The highest BCUT2D eigenvalue weighted by molar-refractivity contribution is 6.31. The third kappa shape index (κ3) is 4.57. The molecule has 0 spiro atoms. The first kappa shape index (κ1) is 21.3. The number of anilines is 1. The molecule has 0 bridgehead atoms. The molecule has 31 heavy (non-hydrogen) atoms. The maximum atomic E-state index is 13.8. The Hall–Kier alpha value is -2.90. The Morgan fingerprint density at radius 2 is 2.06 bits per heavy atom. The molecule has 2 heterocycles. The summed E-state index contributed by atoms with van der Waals surface area (Å²) >= 11 is 6.22. The van der Waals surface area contributed by atoms with Crippen molar-refractivity contribution in [2.45, 2.75) is 19.1 Å². The topological polar surface area (TPSA) is 55.3 Å². The van der Waals surface area contributed by atoms with E-state index in [1.807, 2.05) is 19.2 Å². The second-order valence-corrected chi connectivity index (χ2v) is 7.89. The van der Waals surface area contributed by atoms with E-state index in [0.717, 1.165) is 36.5 Å². The van der Waals surface area contributed by atoms with Crippen LogP contribution in [0.1, 0.15) is 22.6 Å². The van der Waals surface area contributed by atoms with Gasteiger partial charge in [-0.15, -0.1) is 0 Å². The van der Waals surface area contributed by atoms with E-state index in [1.165, 1.54) is 16.2 Å². The first-order chi connectivity index (χ1) is 15.0. The molecule has 0 saturated carbocycles. The Kier molecular flexibility index (Phi) is 6.25. The number of fused-ring (bicyclic) bond motifs is 1. The molecular weight excluding hydrogens is 424 g/mol. The second-order valence-electron chi connectivity index (χ2n) is 7.51. The zero-order valence-corrected chi connectivity index (χ0v) is 17.7. The van der Waals surface area contributed by atoms with Crippen LogP contribution in [0.5, 0.6) is 5.75 Å². The van der Waals surface area contributed by atoms with Crippen LogP contribution in [0, 0.1) is 11.6 Å². The van der Waals surface area contributed by atoms with Crippen LogP contribution in [-0.2, 0) is 13.2 Å². The van der Waals surface area contributed by atoms with Crippen molar-refractivity contribution < 1.29 is 13.5 Å². The fraction of sp³-hybridized carbons (Fsp3) is 0.261. The van der Waals surface area contributed by atoms with Gasteiger partial charge in [0.2, 0.25) is 0 Å². The van der Waals surface area contributed by atoms with E-state index in [-0.39, 0.29) is 22.9 Å². The number of nitrogens with zero attached hydrogens (tertiary/aromatic N) is 1. The van der Waals surface area contributed by atoms with Crippen LogP contribution in [0.15, 0.2) is 53.5 Å². The number of ether oxygens (including phenoxy) is 1. The number of halogens is 3. The molecule has 1 atom stereocenters. The van der Waals surface area contributed by atoms with Crippen molar-refractivity contribution in [1.29, 1.82) is 0 Å². The third-order valence-electron chi connectivity index (χ3n) is 5.37. The Balaban J connectivity index is 1.50. The van der Waals surface area contributed by atoms with Gasteiger partial charge in [0.25, 0.3) is 5.56 Å². The molecule has 1 unspecified atom stereocenters. The van der Waals surface area contributed by atoms with Crippen LogP contribution in [0.4, 0.5) is 14.5 Å². The van der Waals surface area contributed by atoms with Gasteiger partial charge in [-0.25, -0.2) is 8.78 Å². The monoisotopic (exact) mass is 445 g/mol. The Bertz CT molecular complexity index is 1160. The molecule has 0 saturated heterocycles. The number of pyridine rings is 1. The molecule has 5 nitrogen and oxygen atoms in total. The molecule has 2 aromatic carbocycles. The first-order valence-electron chi connectivity index (χ1n) is 9.93. The predicted molar refractivity (Wildman–Crippen MR) is 117 cm³/mol. The number of nitrogens with one attached hydrogen (secondary N) is 2. The molecule has 0 amide bonds. The van der Waals surface area contributed by atoms with Gasteiger partial charge in [-0.2, -0.15) is 0 Å². The largest absolute Gasteiger partial charge is 0.487 e. The molecule has 2 N–H and O–H groups in total. The SMILES string of the molecule is CNCC1CNc2ccc(Cn3ccc(OCc4ccc(F)cc4F)c(Cl)c3=O)cc21. The molecule has 0 aliphatic carbocycles. The van der Waals surface area contributed by atoms with Gasteiger partial charge in [0.1, 0.15) is 29.0 Å². The summed E-state index contributed by atoms with van der Waals surface area (Å²) in [5.74, 6) is -0.851. The standard InChI is InChI=1S/C23H22ClF2N3O2/c1-27-10-16-11-28-20-5-2-14(8-18(16)20)12-29-7-6-21(22(24)23(29)30)31-13-15-3-4-17(25)9-19(15)26/h2-9,16,27-28H,10-13H2,1H3. The smallest absolute Gasteiger partial charge is 0.273 e. The number of aromatic nitrogens is 1. The maximum absolute atomic E-state index is 13.8. The van der Waals surface area contributed by atoms with Crippen LogP contribution in [0.3, 0.4) is 0 Å². The fourth-order valence-electron chi connectivity index (χ4n) is 3.74. The highest BCUT2D eigenvalue weighted by Crippen LogP contribution is 2.32. The Morgan fingerprint density at radius 1 is 1.23 bits per heavy atom. The number of hydrogen-bond acceptors (Lipinski definition) is 4. The Labute approximate surface area is 183 Å². The lowest BCUT2D eigenvalue weighted by atomic mass is 9.99. The molecular formula is C23H22ClF2N3O2. The summed E-state index contributed by atoms with van der Waals surface area (Å²) in [6.07, 6.45) is 1.60. The molecule has 8 heteroatoms. The molecule has 1 aliphatic rings. The average Bonchev–Trinajstić information content (AvgIpc) is 3.14. The summed E-state index contributed by atoms with van der Waals surface area (Å²) in [6.45, 7) is 1.95. The van der Waals surface area contributed by atoms with Crippen molar-refractivity contribution >= 4 is 17.3 Å². The molecule has 1 aromatic heterocycles. The van der Waals surface area contributed by atoms with Gasteiger partial charge in [0.05, 0.1) is 6.54 Å². The van der Waals surface area contributed by atoms with Gasteiger partial charge in [-0.3, -0.25) is 4.79 Å². The summed E-state index contributed by atoms with van der Waals surface area (Å²) in [5, 5.41) is 6.52. The van der Waals surface area contributed by atoms with Crippen molar-refractivity contribution in [2.75, 3.05) is 25.5 Å². The van der Waals surface area contributed by atoms with E-state index < -0.39 is 17.2 Å². The maximum Gasteiger partial charge on any atom is 0.273 e. The van der Waals surface area contributed by atoms with Crippen LogP contribution >= 0.6 is 11.6 Å². The number of benzene rings is 2. The Morgan fingerprint density at radius 3 is 2.84 bits per heavy atom. The normalized spacial score (nSPS) is 14.9. The van der Waals surface area contributed by atoms with Gasteiger partial charge in [0.15, 0.2) is 0 Å². The van der Waals surface area contributed by atoms with E-state index in [2.05, 4.69) is 16.7 Å². The highest BCUT2D eigenvalue weighted by Gasteiger charge is 2.22. The minimum Gasteiger partial charge on any atom is -0.487 e. The number of likely N-dealkylation sites (N-methyl/N-ethyl adjacent to an activating group) is 1. The molecule has 0 fully saturated rings. The van der Waals surface area contributed by atoms with E-state index >= 15 is 0 Å². The van der Waals surface area contributed by atoms with Gasteiger partial charge in [0, 0.05) is 42.5 Å². The number of hydrogen-bond donors (Lipinski definition) is 2. The molecule has 1 aliphatic heterocycles. The summed E-state index contributed by atoms with van der Waals surface area (Å²) in [6, 6.07) is 10.9. The summed E-state index contributed by atoms with van der Waals surface area (Å²) in [5.41, 5.74) is 3.11. The van der Waals surface area contributed by atoms with Crippen molar-refractivity contribution in [3.05, 3.63) is 92.4 Å². The lowest BCUT2D eigenvalue weighted by Gasteiger charge is -2.13. The quantitative estimate of drug-likeness (QED) is 0.574. The average molecular weight is 446 g/mol. The van der Waals surface area contributed by atoms with Gasteiger partial charge in [-0.05, 0) is 42.4 Å². The van der Waals surface area contributed by atoms with Crippen LogP contribution in [0.25, 0.3) is 0 Å². The third-order valence-corrected chi connectivity index (χ3v) is 5.72. The van der Waals surface area contributed by atoms with E-state index in [0.29, 0.717) is 12.5 Å². The van der Waals surface area contributed by atoms with Crippen molar-refractivity contribution in [1.82, 2.24) is 9.88 Å². The second kappa shape index (κ2) is 9.08. The van der Waals surface area contributed by atoms with Gasteiger partial charge in [-0.1, -0.05) is 23.7 Å². The summed E-state index contributed by atoms with van der Waals surface area (Å²) in [7, 11) is 1.93. The van der Waals surface area contributed by atoms with Crippen LogP contribution < -0.4 is 20.9 Å². The molecule has 0 radical (unpaired) electrons. The lowest BCUT2D eigenvalue weighted by molar-refractivity contribution is 0.298. The first-order valence-corrected chi connectivity index (χ1v) is 10.3. The summed E-state index contributed by atoms with van der Waals surface area (Å²) < 4.78 is 33.8. The van der Waals surface area contributed by atoms with E-state index in [4.69, 9.17) is 16.3 Å². The fourth-order valence-corrected chi connectivity index (χ4v) is 3.96. The van der Waals surface area contributed by atoms with Crippen molar-refractivity contribution in [3.63, 3.8) is 0 Å². The molecule has 4 rings (SSSR count). The zero-order chi connectivity index (χ0) is 22.0. The van der Waals surface area contributed by atoms with E-state index in [1.54, 1.807) is 12.3 Å². The van der Waals surface area contributed by atoms with E-state index in [9.17, 15) is 13.6 Å². The minimum atomic E-state index is -0.716. The molecule has 162 valence electrons. The van der Waals surface area contributed by atoms with Crippen molar-refractivity contribution in [2.24, 2.45) is 0 Å². The summed E-state index contributed by atoms with van der Waals surface area (Å²) in [4.78, 5) is 12.7. The van der Waals surface area contributed by atoms with Gasteiger partial charge >= 0.3 is 0 Å². The molecule has 3 aromatic rings. The predicted octanol–water partition coefficient (Wildman–Crippen LogP) is 4.14. The van der Waals surface area contributed by atoms with Crippen LogP contribution in [-0.4, -0.2) is 24.7 Å². The van der Waals surface area contributed by atoms with Gasteiger partial charge < -0.3 is 19.9 Å². The number of rotatable bonds is 7. The lowest BCUT2D eigenvalue weighted by Crippen LogP contribution is -2.21. The zero-order valence-electron chi connectivity index (χ0n) is 16.9. The highest BCUT2D eigenvalue weighted by atomic mass is 35.5.